The summed E-state index contributed by atoms with van der Waals surface area (Å²) in [5.74, 6) is -0.522. The van der Waals surface area contributed by atoms with Gasteiger partial charge in [0.15, 0.2) is 0 Å². The highest BCUT2D eigenvalue weighted by Gasteiger charge is 2.11. The van der Waals surface area contributed by atoms with Crippen LogP contribution in [0.15, 0.2) is 65.5 Å². The first kappa shape index (κ1) is 21.4. The topological polar surface area (TPSA) is 64.0 Å². The van der Waals surface area contributed by atoms with Crippen molar-refractivity contribution in [3.8, 4) is 0 Å². The molecule has 1 aromatic heterocycles. The van der Waals surface area contributed by atoms with Crippen molar-refractivity contribution in [2.24, 2.45) is 0 Å². The molecular formula is C26H24FN3O2. The molecule has 0 aliphatic carbocycles. The minimum absolute atomic E-state index is 0.123. The average Bonchev–Trinajstić information content (AvgIpc) is 2.78. The number of aryl methyl sites for hydroxylation is 3. The highest BCUT2D eigenvalue weighted by molar-refractivity contribution is 5.94. The molecule has 4 aromatic rings. The maximum atomic E-state index is 13.0. The molecule has 0 saturated heterocycles. The van der Waals surface area contributed by atoms with Crippen molar-refractivity contribution < 1.29 is 9.18 Å². The summed E-state index contributed by atoms with van der Waals surface area (Å²) in [5, 5.41) is 2.83. The summed E-state index contributed by atoms with van der Waals surface area (Å²) in [6.07, 6.45) is 0. The molecule has 1 heterocycles. The number of benzene rings is 3. The first-order valence-electron chi connectivity index (χ1n) is 10.4. The second kappa shape index (κ2) is 8.75. The van der Waals surface area contributed by atoms with Crippen molar-refractivity contribution in [2.45, 2.75) is 33.9 Å². The molecule has 0 atom stereocenters. The van der Waals surface area contributed by atoms with E-state index >= 15 is 0 Å². The summed E-state index contributed by atoms with van der Waals surface area (Å²) in [6, 6.07) is 17.2. The maximum Gasteiger partial charge on any atom is 0.272 e. The number of halogens is 1. The molecular weight excluding hydrogens is 405 g/mol. The van der Waals surface area contributed by atoms with Gasteiger partial charge in [-0.3, -0.25) is 9.59 Å². The van der Waals surface area contributed by atoms with E-state index in [4.69, 9.17) is 0 Å². The molecule has 1 N–H and O–H groups in total. The predicted molar refractivity (Wildman–Crippen MR) is 123 cm³/mol. The third-order valence-corrected chi connectivity index (χ3v) is 5.65. The Bertz CT molecular complexity index is 1360. The van der Waals surface area contributed by atoms with Crippen LogP contribution >= 0.6 is 0 Å². The second-order valence-electron chi connectivity index (χ2n) is 8.02. The largest absolute Gasteiger partial charge is 0.348 e. The third kappa shape index (κ3) is 4.44. The van der Waals surface area contributed by atoms with E-state index in [1.165, 1.54) is 12.1 Å². The van der Waals surface area contributed by atoms with Crippen molar-refractivity contribution >= 4 is 16.9 Å². The van der Waals surface area contributed by atoms with Crippen LogP contribution in [0.3, 0.4) is 0 Å². The monoisotopic (exact) mass is 429 g/mol. The number of amides is 1. The highest BCUT2D eigenvalue weighted by Crippen LogP contribution is 2.18. The van der Waals surface area contributed by atoms with E-state index in [1.54, 1.807) is 35.8 Å². The Balaban J connectivity index is 1.54. The Morgan fingerprint density at radius 3 is 2.25 bits per heavy atom. The van der Waals surface area contributed by atoms with Crippen LogP contribution in [0.25, 0.3) is 11.0 Å². The van der Waals surface area contributed by atoms with Gasteiger partial charge in [0.05, 0.1) is 17.6 Å². The molecule has 0 fully saturated rings. The second-order valence-corrected chi connectivity index (χ2v) is 8.02. The number of rotatable bonds is 5. The number of hydrogen-bond donors (Lipinski definition) is 1. The van der Waals surface area contributed by atoms with Gasteiger partial charge in [-0.05, 0) is 79.4 Å². The van der Waals surface area contributed by atoms with E-state index in [1.807, 2.05) is 38.1 Å². The smallest absolute Gasteiger partial charge is 0.272 e. The molecule has 6 heteroatoms. The van der Waals surface area contributed by atoms with Gasteiger partial charge in [0, 0.05) is 12.1 Å². The minimum Gasteiger partial charge on any atom is -0.348 e. The van der Waals surface area contributed by atoms with Gasteiger partial charge in [0.25, 0.3) is 11.5 Å². The molecule has 0 bridgehead atoms. The molecule has 0 spiro atoms. The molecule has 0 radical (unpaired) electrons. The number of fused-ring (bicyclic) bond motifs is 1. The molecule has 0 saturated carbocycles. The lowest BCUT2D eigenvalue weighted by atomic mass is 10.1. The Kier molecular flexibility index (Phi) is 5.86. The Morgan fingerprint density at radius 1 is 0.938 bits per heavy atom. The van der Waals surface area contributed by atoms with E-state index in [9.17, 15) is 14.0 Å². The van der Waals surface area contributed by atoms with Gasteiger partial charge in [-0.2, -0.15) is 0 Å². The van der Waals surface area contributed by atoms with Crippen LogP contribution in [-0.4, -0.2) is 15.5 Å². The standard InChI is InChI=1S/C26H24FN3O2/c1-16-12-23-24(13-17(16)2)30(26(32)18(3)29-23)15-20-4-8-21(9-5-20)25(31)28-14-19-6-10-22(27)11-7-19/h4-13H,14-15H2,1-3H3,(H,28,31). The Hall–Kier alpha value is -3.80. The third-order valence-electron chi connectivity index (χ3n) is 5.65. The summed E-state index contributed by atoms with van der Waals surface area (Å²) in [7, 11) is 0. The molecule has 162 valence electrons. The van der Waals surface area contributed by atoms with Crippen LogP contribution in [0.2, 0.25) is 0 Å². The Morgan fingerprint density at radius 2 is 1.56 bits per heavy atom. The van der Waals surface area contributed by atoms with Crippen molar-refractivity contribution in [1.29, 1.82) is 0 Å². The number of nitrogens with one attached hydrogen (secondary N) is 1. The molecule has 0 unspecified atom stereocenters. The molecule has 32 heavy (non-hydrogen) atoms. The number of hydrogen-bond acceptors (Lipinski definition) is 3. The molecule has 1 amide bonds. The Labute approximate surface area is 185 Å². The fourth-order valence-corrected chi connectivity index (χ4v) is 3.61. The van der Waals surface area contributed by atoms with Crippen molar-refractivity contribution in [3.05, 3.63) is 110 Å². The average molecular weight is 429 g/mol. The van der Waals surface area contributed by atoms with Gasteiger partial charge in [-0.15, -0.1) is 0 Å². The number of aromatic nitrogens is 2. The zero-order valence-corrected chi connectivity index (χ0v) is 18.3. The molecule has 5 nitrogen and oxygen atoms in total. The quantitative estimate of drug-likeness (QED) is 0.510. The van der Waals surface area contributed by atoms with Gasteiger partial charge >= 0.3 is 0 Å². The van der Waals surface area contributed by atoms with E-state index in [0.717, 1.165) is 33.3 Å². The van der Waals surface area contributed by atoms with E-state index in [2.05, 4.69) is 10.3 Å². The predicted octanol–water partition coefficient (Wildman–Crippen LogP) is 4.44. The van der Waals surface area contributed by atoms with Crippen LogP contribution in [-0.2, 0) is 13.1 Å². The normalized spacial score (nSPS) is 11.0. The molecule has 0 aliphatic heterocycles. The van der Waals surface area contributed by atoms with Crippen LogP contribution < -0.4 is 10.9 Å². The molecule has 4 rings (SSSR count). The molecule has 3 aromatic carbocycles. The van der Waals surface area contributed by atoms with E-state index in [-0.39, 0.29) is 17.3 Å². The fraction of sp³-hybridized carbons (Fsp3) is 0.192. The SMILES string of the molecule is Cc1cc2nc(C)c(=O)n(Cc3ccc(C(=O)NCc4ccc(F)cc4)cc3)c2cc1C. The number of carbonyl (C=O) groups is 1. The van der Waals surface area contributed by atoms with Gasteiger partial charge in [-0.25, -0.2) is 9.37 Å². The number of nitrogens with zero attached hydrogens (tertiary/aromatic N) is 2. The summed E-state index contributed by atoms with van der Waals surface area (Å²) in [5.41, 5.74) is 6.40. The zero-order valence-electron chi connectivity index (χ0n) is 18.3. The first-order valence-corrected chi connectivity index (χ1v) is 10.4. The minimum atomic E-state index is -0.308. The summed E-state index contributed by atoms with van der Waals surface area (Å²) < 4.78 is 14.7. The van der Waals surface area contributed by atoms with Crippen molar-refractivity contribution in [1.82, 2.24) is 14.9 Å². The first-order chi connectivity index (χ1) is 15.3. The summed E-state index contributed by atoms with van der Waals surface area (Å²) in [6.45, 7) is 6.47. The lowest BCUT2D eigenvalue weighted by Gasteiger charge is -2.13. The van der Waals surface area contributed by atoms with Gasteiger partial charge in [0.1, 0.15) is 11.5 Å². The highest BCUT2D eigenvalue weighted by atomic mass is 19.1. The van der Waals surface area contributed by atoms with Crippen molar-refractivity contribution in [2.75, 3.05) is 0 Å². The summed E-state index contributed by atoms with van der Waals surface area (Å²) in [4.78, 5) is 29.7. The van der Waals surface area contributed by atoms with Crippen LogP contribution in [0, 0.1) is 26.6 Å². The number of carbonyl (C=O) groups excluding carboxylic acids is 1. The lowest BCUT2D eigenvalue weighted by molar-refractivity contribution is 0.0951. The van der Waals surface area contributed by atoms with Gasteiger partial charge in [-0.1, -0.05) is 24.3 Å². The van der Waals surface area contributed by atoms with Crippen LogP contribution in [0.5, 0.6) is 0 Å². The maximum absolute atomic E-state index is 13.0. The van der Waals surface area contributed by atoms with E-state index in [0.29, 0.717) is 24.3 Å². The lowest BCUT2D eigenvalue weighted by Crippen LogP contribution is -2.25. The van der Waals surface area contributed by atoms with Crippen molar-refractivity contribution in [3.63, 3.8) is 0 Å². The van der Waals surface area contributed by atoms with Crippen LogP contribution in [0.1, 0.15) is 38.3 Å². The van der Waals surface area contributed by atoms with Gasteiger partial charge < -0.3 is 9.88 Å². The summed E-state index contributed by atoms with van der Waals surface area (Å²) >= 11 is 0. The van der Waals surface area contributed by atoms with E-state index < -0.39 is 0 Å². The fourth-order valence-electron chi connectivity index (χ4n) is 3.61. The molecule has 0 aliphatic rings. The van der Waals surface area contributed by atoms with Crippen LogP contribution in [0.4, 0.5) is 4.39 Å². The zero-order chi connectivity index (χ0) is 22.8. The van der Waals surface area contributed by atoms with Gasteiger partial charge in [0.2, 0.25) is 0 Å².